The fraction of sp³-hybridized carbons (Fsp3) is 0.250. The summed E-state index contributed by atoms with van der Waals surface area (Å²) < 4.78 is 13.4. The molecular formula is C12H10ClFO. The van der Waals surface area contributed by atoms with Crippen LogP contribution in [-0.4, -0.2) is 5.78 Å². The Morgan fingerprint density at radius 2 is 2.27 bits per heavy atom. The Kier molecular flexibility index (Phi) is 4.33. The van der Waals surface area contributed by atoms with E-state index < -0.39 is 5.82 Å². The molecule has 0 saturated carbocycles. The third-order valence-corrected chi connectivity index (χ3v) is 2.20. The minimum absolute atomic E-state index is 0.0255. The minimum Gasteiger partial charge on any atom is -0.294 e. The maximum absolute atomic E-state index is 13.4. The Morgan fingerprint density at radius 3 is 2.93 bits per heavy atom. The van der Waals surface area contributed by atoms with Crippen LogP contribution in [0.1, 0.15) is 30.1 Å². The van der Waals surface area contributed by atoms with Crippen molar-refractivity contribution in [2.75, 3.05) is 0 Å². The molecule has 0 saturated heterocycles. The van der Waals surface area contributed by atoms with Gasteiger partial charge in [-0.05, 0) is 19.1 Å². The molecule has 0 aliphatic rings. The number of hydrogen-bond acceptors (Lipinski definition) is 1. The number of hydrogen-bond donors (Lipinski definition) is 0. The van der Waals surface area contributed by atoms with Crippen LogP contribution in [-0.2, 0) is 0 Å². The van der Waals surface area contributed by atoms with Crippen molar-refractivity contribution in [2.24, 2.45) is 0 Å². The van der Waals surface area contributed by atoms with Gasteiger partial charge in [-0.25, -0.2) is 4.39 Å². The van der Waals surface area contributed by atoms with E-state index in [0.29, 0.717) is 6.42 Å². The lowest BCUT2D eigenvalue weighted by molar-refractivity contribution is 0.0980. The fourth-order valence-corrected chi connectivity index (χ4v) is 1.33. The van der Waals surface area contributed by atoms with Gasteiger partial charge >= 0.3 is 0 Å². The molecule has 0 heterocycles. The van der Waals surface area contributed by atoms with Gasteiger partial charge in [-0.1, -0.05) is 17.7 Å². The molecule has 1 aromatic carbocycles. The van der Waals surface area contributed by atoms with Gasteiger partial charge in [0.2, 0.25) is 0 Å². The molecule has 0 aliphatic carbocycles. The molecule has 78 valence electrons. The van der Waals surface area contributed by atoms with Gasteiger partial charge in [0.25, 0.3) is 0 Å². The molecule has 3 heteroatoms. The van der Waals surface area contributed by atoms with Crippen LogP contribution in [0.5, 0.6) is 0 Å². The quantitative estimate of drug-likeness (QED) is 0.568. The van der Waals surface area contributed by atoms with E-state index in [2.05, 4.69) is 11.8 Å². The molecule has 1 nitrogen and oxygen atoms in total. The van der Waals surface area contributed by atoms with Crippen LogP contribution in [0.4, 0.5) is 4.39 Å². The monoisotopic (exact) mass is 224 g/mol. The smallest absolute Gasteiger partial charge is 0.166 e. The van der Waals surface area contributed by atoms with E-state index >= 15 is 0 Å². The normalized spacial score (nSPS) is 9.27. The summed E-state index contributed by atoms with van der Waals surface area (Å²) in [4.78, 5) is 11.5. The highest BCUT2D eigenvalue weighted by molar-refractivity contribution is 6.31. The lowest BCUT2D eigenvalue weighted by Gasteiger charge is -2.01. The topological polar surface area (TPSA) is 17.1 Å². The van der Waals surface area contributed by atoms with E-state index in [1.165, 1.54) is 12.1 Å². The van der Waals surface area contributed by atoms with E-state index in [1.807, 2.05) is 0 Å². The van der Waals surface area contributed by atoms with Gasteiger partial charge in [-0.15, -0.1) is 11.8 Å². The summed E-state index contributed by atoms with van der Waals surface area (Å²) in [7, 11) is 0. The third-order valence-electron chi connectivity index (χ3n) is 1.91. The SMILES string of the molecule is CC#CCCC(=O)c1cccc(Cl)c1F. The highest BCUT2D eigenvalue weighted by Crippen LogP contribution is 2.19. The maximum Gasteiger partial charge on any atom is 0.166 e. The van der Waals surface area contributed by atoms with E-state index in [9.17, 15) is 9.18 Å². The number of rotatable bonds is 3. The van der Waals surface area contributed by atoms with Crippen molar-refractivity contribution in [3.8, 4) is 11.8 Å². The summed E-state index contributed by atoms with van der Waals surface area (Å²) in [5.74, 6) is 4.52. The predicted molar refractivity (Wildman–Crippen MR) is 58.4 cm³/mol. The largest absolute Gasteiger partial charge is 0.294 e. The number of carbonyl (C=O) groups excluding carboxylic acids is 1. The van der Waals surface area contributed by atoms with Gasteiger partial charge in [-0.3, -0.25) is 4.79 Å². The molecule has 0 aromatic heterocycles. The van der Waals surface area contributed by atoms with Crippen LogP contribution in [0.25, 0.3) is 0 Å². The van der Waals surface area contributed by atoms with Gasteiger partial charge in [0.15, 0.2) is 11.6 Å². The standard InChI is InChI=1S/C12H10ClFO/c1-2-3-4-8-11(15)9-6-5-7-10(13)12(9)14/h5-7H,4,8H2,1H3. The molecule has 15 heavy (non-hydrogen) atoms. The first-order valence-corrected chi connectivity index (χ1v) is 4.91. The minimum atomic E-state index is -0.645. The highest BCUT2D eigenvalue weighted by atomic mass is 35.5. The van der Waals surface area contributed by atoms with Crippen molar-refractivity contribution in [3.63, 3.8) is 0 Å². The van der Waals surface area contributed by atoms with Crippen molar-refractivity contribution in [1.82, 2.24) is 0 Å². The first kappa shape index (κ1) is 11.7. The Bertz CT molecular complexity index is 429. The van der Waals surface area contributed by atoms with Crippen molar-refractivity contribution in [1.29, 1.82) is 0 Å². The number of Topliss-reactive ketones (excluding diaryl/α,β-unsaturated/α-hetero) is 1. The lowest BCUT2D eigenvalue weighted by Crippen LogP contribution is -2.02. The second-order valence-corrected chi connectivity index (χ2v) is 3.36. The van der Waals surface area contributed by atoms with Crippen LogP contribution < -0.4 is 0 Å². The molecule has 1 aromatic rings. The van der Waals surface area contributed by atoms with Crippen LogP contribution >= 0.6 is 11.6 Å². The highest BCUT2D eigenvalue weighted by Gasteiger charge is 2.12. The van der Waals surface area contributed by atoms with Crippen molar-refractivity contribution < 1.29 is 9.18 Å². The molecular weight excluding hydrogens is 215 g/mol. The Labute approximate surface area is 93.3 Å². The fourth-order valence-electron chi connectivity index (χ4n) is 1.15. The molecule has 0 unspecified atom stereocenters. The van der Waals surface area contributed by atoms with E-state index in [4.69, 9.17) is 11.6 Å². The number of carbonyl (C=O) groups is 1. The van der Waals surface area contributed by atoms with Crippen LogP contribution in [0, 0.1) is 17.7 Å². The number of halogens is 2. The van der Waals surface area contributed by atoms with E-state index in [-0.39, 0.29) is 22.8 Å². The molecule has 0 aliphatic heterocycles. The van der Waals surface area contributed by atoms with Crippen LogP contribution in [0.15, 0.2) is 18.2 Å². The zero-order chi connectivity index (χ0) is 11.3. The Hall–Kier alpha value is -1.33. The summed E-state index contributed by atoms with van der Waals surface area (Å²) in [6.45, 7) is 1.70. The number of ketones is 1. The molecule has 0 bridgehead atoms. The van der Waals surface area contributed by atoms with Crippen molar-refractivity contribution in [3.05, 3.63) is 34.6 Å². The van der Waals surface area contributed by atoms with Gasteiger partial charge in [0, 0.05) is 12.8 Å². The molecule has 0 radical (unpaired) electrons. The zero-order valence-electron chi connectivity index (χ0n) is 8.31. The maximum atomic E-state index is 13.4. The molecule has 1 rings (SSSR count). The third kappa shape index (κ3) is 3.07. The summed E-state index contributed by atoms with van der Waals surface area (Å²) in [6.07, 6.45) is 0.666. The Balaban J connectivity index is 2.81. The molecule has 0 fully saturated rings. The van der Waals surface area contributed by atoms with Crippen molar-refractivity contribution in [2.45, 2.75) is 19.8 Å². The van der Waals surface area contributed by atoms with Gasteiger partial charge < -0.3 is 0 Å². The molecule has 0 amide bonds. The van der Waals surface area contributed by atoms with Gasteiger partial charge in [0.05, 0.1) is 10.6 Å². The summed E-state index contributed by atoms with van der Waals surface area (Å²) in [6, 6.07) is 4.41. The van der Waals surface area contributed by atoms with Crippen LogP contribution in [0.2, 0.25) is 5.02 Å². The van der Waals surface area contributed by atoms with E-state index in [1.54, 1.807) is 13.0 Å². The van der Waals surface area contributed by atoms with E-state index in [0.717, 1.165) is 0 Å². The molecule has 0 spiro atoms. The summed E-state index contributed by atoms with van der Waals surface area (Å²) >= 11 is 5.56. The van der Waals surface area contributed by atoms with Crippen LogP contribution in [0.3, 0.4) is 0 Å². The molecule has 0 atom stereocenters. The second-order valence-electron chi connectivity index (χ2n) is 2.95. The first-order valence-electron chi connectivity index (χ1n) is 4.53. The second kappa shape index (κ2) is 5.53. The zero-order valence-corrected chi connectivity index (χ0v) is 9.07. The summed E-state index contributed by atoms with van der Waals surface area (Å²) in [5, 5.41) is -0.0255. The molecule has 0 N–H and O–H groups in total. The first-order chi connectivity index (χ1) is 7.16. The average molecular weight is 225 g/mol. The Morgan fingerprint density at radius 1 is 1.53 bits per heavy atom. The predicted octanol–water partition coefficient (Wildman–Crippen LogP) is 3.47. The summed E-state index contributed by atoms with van der Waals surface area (Å²) in [5.41, 5.74) is 0.0420. The van der Waals surface area contributed by atoms with Gasteiger partial charge in [0.1, 0.15) is 0 Å². The van der Waals surface area contributed by atoms with Crippen molar-refractivity contribution >= 4 is 17.4 Å². The van der Waals surface area contributed by atoms with Gasteiger partial charge in [-0.2, -0.15) is 0 Å². The average Bonchev–Trinajstić information content (AvgIpc) is 2.22. The number of benzene rings is 1. The lowest BCUT2D eigenvalue weighted by atomic mass is 10.1.